The number of halogens is 1. The zero-order valence-electron chi connectivity index (χ0n) is 14.3. The molecule has 0 saturated heterocycles. The second-order valence-corrected chi connectivity index (χ2v) is 6.31. The second-order valence-electron chi connectivity index (χ2n) is 5.47. The van der Waals surface area contributed by atoms with E-state index in [-0.39, 0.29) is 17.6 Å². The largest absolute Gasteiger partial charge is 0.483 e. The number of hydrogen-bond acceptors (Lipinski definition) is 4. The molecule has 0 radical (unpaired) electrons. The average molecular weight is 392 g/mol. The van der Waals surface area contributed by atoms with E-state index in [1.807, 2.05) is 26.0 Å². The Balaban J connectivity index is 1.77. The lowest BCUT2D eigenvalue weighted by Crippen LogP contribution is -2.49. The molecule has 0 aromatic heterocycles. The Morgan fingerprint density at radius 1 is 1.08 bits per heavy atom. The average Bonchev–Trinajstić information content (AvgIpc) is 2.59. The summed E-state index contributed by atoms with van der Waals surface area (Å²) < 4.78 is 5.42. The van der Waals surface area contributed by atoms with Gasteiger partial charge in [-0.15, -0.1) is 0 Å². The van der Waals surface area contributed by atoms with Crippen molar-refractivity contribution in [2.45, 2.75) is 13.8 Å². The number of ether oxygens (including phenoxy) is 1. The fourth-order valence-corrected chi connectivity index (χ4v) is 2.51. The molecule has 26 heavy (non-hydrogen) atoms. The maximum atomic E-state index is 12.1. The van der Waals surface area contributed by atoms with Crippen LogP contribution >= 0.6 is 23.8 Å². The number of aryl methyl sites for hydroxylation is 2. The lowest BCUT2D eigenvalue weighted by Gasteiger charge is -2.13. The first-order chi connectivity index (χ1) is 12.4. The molecule has 2 aromatic carbocycles. The van der Waals surface area contributed by atoms with Gasteiger partial charge in [-0.05, 0) is 61.5 Å². The van der Waals surface area contributed by atoms with Gasteiger partial charge >= 0.3 is 0 Å². The Morgan fingerprint density at radius 3 is 2.50 bits per heavy atom. The lowest BCUT2D eigenvalue weighted by molar-refractivity contribution is -0.121. The third-order valence-corrected chi connectivity index (χ3v) is 3.87. The van der Waals surface area contributed by atoms with Crippen LogP contribution in [-0.4, -0.2) is 23.5 Å². The number of nitrogens with one attached hydrogen (secondary N) is 3. The van der Waals surface area contributed by atoms with E-state index in [2.05, 4.69) is 16.2 Å². The van der Waals surface area contributed by atoms with E-state index in [1.54, 1.807) is 30.3 Å². The van der Waals surface area contributed by atoms with Gasteiger partial charge in [0, 0.05) is 10.6 Å². The molecule has 3 N–H and O–H groups in total. The van der Waals surface area contributed by atoms with Gasteiger partial charge in [0.25, 0.3) is 11.8 Å². The van der Waals surface area contributed by atoms with Crippen molar-refractivity contribution in [2.75, 3.05) is 6.61 Å². The number of hydrogen-bond donors (Lipinski definition) is 3. The molecule has 0 heterocycles. The van der Waals surface area contributed by atoms with Crippen LogP contribution in [0.3, 0.4) is 0 Å². The van der Waals surface area contributed by atoms with Gasteiger partial charge in [-0.25, -0.2) is 0 Å². The van der Waals surface area contributed by atoms with Crippen LogP contribution in [0.15, 0.2) is 42.5 Å². The number of carbonyl (C=O) groups excluding carboxylic acids is 2. The first kappa shape index (κ1) is 19.7. The summed E-state index contributed by atoms with van der Waals surface area (Å²) in [4.78, 5) is 23.9. The van der Waals surface area contributed by atoms with Crippen LogP contribution in [0, 0.1) is 13.8 Å². The number of benzene rings is 2. The molecular weight excluding hydrogens is 374 g/mol. The normalized spacial score (nSPS) is 9.96. The van der Waals surface area contributed by atoms with Crippen LogP contribution < -0.4 is 20.9 Å². The molecule has 0 saturated carbocycles. The molecule has 0 fully saturated rings. The third kappa shape index (κ3) is 5.72. The molecule has 2 aromatic rings. The number of hydrazine groups is 1. The van der Waals surface area contributed by atoms with Gasteiger partial charge in [0.05, 0.1) is 0 Å². The molecule has 0 atom stereocenters. The van der Waals surface area contributed by atoms with Crippen molar-refractivity contribution in [3.8, 4) is 5.75 Å². The summed E-state index contributed by atoms with van der Waals surface area (Å²) in [5, 5.41) is 2.98. The van der Waals surface area contributed by atoms with Crippen molar-refractivity contribution < 1.29 is 14.3 Å². The number of amides is 2. The number of thiocarbonyl (C=S) groups is 1. The maximum absolute atomic E-state index is 12.1. The highest BCUT2D eigenvalue weighted by molar-refractivity contribution is 7.80. The summed E-state index contributed by atoms with van der Waals surface area (Å²) in [5.74, 6) is -0.258. The standard InChI is InChI=1S/C18H18ClN3O3S/c1-11-5-3-4-6-14(11)17(24)21-22-18(26)20-16(23)10-25-15-8-7-13(19)9-12(15)2/h3-9H,10H2,1-2H3,(H,21,24)(H2,20,22,23,26). The van der Waals surface area contributed by atoms with Crippen LogP contribution in [0.2, 0.25) is 5.02 Å². The zero-order valence-corrected chi connectivity index (χ0v) is 15.8. The highest BCUT2D eigenvalue weighted by Crippen LogP contribution is 2.21. The highest BCUT2D eigenvalue weighted by atomic mass is 35.5. The molecule has 0 aliphatic rings. The first-order valence-electron chi connectivity index (χ1n) is 7.71. The van der Waals surface area contributed by atoms with Crippen LogP contribution in [0.4, 0.5) is 0 Å². The summed E-state index contributed by atoms with van der Waals surface area (Å²) in [5.41, 5.74) is 7.07. The van der Waals surface area contributed by atoms with E-state index in [4.69, 9.17) is 28.6 Å². The minimum atomic E-state index is -0.456. The molecule has 0 spiro atoms. The van der Waals surface area contributed by atoms with Gasteiger partial charge in [-0.3, -0.25) is 25.8 Å². The van der Waals surface area contributed by atoms with Crippen LogP contribution in [0.1, 0.15) is 21.5 Å². The molecule has 0 bridgehead atoms. The van der Waals surface area contributed by atoms with Gasteiger partial charge in [-0.2, -0.15) is 0 Å². The van der Waals surface area contributed by atoms with Crippen molar-refractivity contribution >= 4 is 40.7 Å². The summed E-state index contributed by atoms with van der Waals surface area (Å²) in [6.45, 7) is 3.42. The van der Waals surface area contributed by atoms with E-state index in [9.17, 15) is 9.59 Å². The summed E-state index contributed by atoms with van der Waals surface area (Å²) in [7, 11) is 0. The Morgan fingerprint density at radius 2 is 1.81 bits per heavy atom. The fraction of sp³-hybridized carbons (Fsp3) is 0.167. The van der Waals surface area contributed by atoms with E-state index >= 15 is 0 Å². The smallest absolute Gasteiger partial charge is 0.269 e. The van der Waals surface area contributed by atoms with Gasteiger partial charge < -0.3 is 4.74 Å². The van der Waals surface area contributed by atoms with Gasteiger partial charge in [0.15, 0.2) is 11.7 Å². The molecule has 0 unspecified atom stereocenters. The minimum Gasteiger partial charge on any atom is -0.483 e. The van der Waals surface area contributed by atoms with Crippen LogP contribution in [0.5, 0.6) is 5.75 Å². The first-order valence-corrected chi connectivity index (χ1v) is 8.50. The predicted octanol–water partition coefficient (Wildman–Crippen LogP) is 2.67. The Bertz CT molecular complexity index is 842. The topological polar surface area (TPSA) is 79.5 Å². The van der Waals surface area contributed by atoms with Crippen molar-refractivity contribution in [3.63, 3.8) is 0 Å². The number of rotatable bonds is 4. The van der Waals surface area contributed by atoms with E-state index in [1.165, 1.54) is 0 Å². The fourth-order valence-electron chi connectivity index (χ4n) is 2.12. The van der Waals surface area contributed by atoms with Gasteiger partial charge in [0.2, 0.25) is 0 Å². The van der Waals surface area contributed by atoms with Crippen LogP contribution in [0.25, 0.3) is 0 Å². The Kier molecular flexibility index (Phi) is 6.94. The molecule has 136 valence electrons. The SMILES string of the molecule is Cc1cc(Cl)ccc1OCC(=O)NC(=S)NNC(=O)c1ccccc1C. The highest BCUT2D eigenvalue weighted by Gasteiger charge is 2.10. The van der Waals surface area contributed by atoms with Gasteiger partial charge in [0.1, 0.15) is 5.75 Å². The Hall–Kier alpha value is -2.64. The van der Waals surface area contributed by atoms with Crippen LogP contribution in [-0.2, 0) is 4.79 Å². The maximum Gasteiger partial charge on any atom is 0.269 e. The molecule has 6 nitrogen and oxygen atoms in total. The van der Waals surface area contributed by atoms with Crippen molar-refractivity contribution in [1.82, 2.24) is 16.2 Å². The summed E-state index contributed by atoms with van der Waals surface area (Å²) >= 11 is 10.8. The van der Waals surface area contributed by atoms with E-state index in [0.29, 0.717) is 16.3 Å². The Labute approximate surface area is 161 Å². The molecular formula is C18H18ClN3O3S. The minimum absolute atomic E-state index is 0.0339. The summed E-state index contributed by atoms with van der Waals surface area (Å²) in [6.07, 6.45) is 0. The second kappa shape index (κ2) is 9.17. The van der Waals surface area contributed by atoms with Crippen molar-refractivity contribution in [3.05, 3.63) is 64.2 Å². The monoisotopic (exact) mass is 391 g/mol. The number of carbonyl (C=O) groups is 2. The molecule has 0 aliphatic heterocycles. The van der Waals surface area contributed by atoms with Crippen molar-refractivity contribution in [2.24, 2.45) is 0 Å². The molecule has 8 heteroatoms. The summed E-state index contributed by atoms with van der Waals surface area (Å²) in [6, 6.07) is 12.2. The molecule has 2 rings (SSSR count). The molecule has 0 aliphatic carbocycles. The third-order valence-electron chi connectivity index (χ3n) is 3.43. The molecule has 2 amide bonds. The zero-order chi connectivity index (χ0) is 19.1. The van der Waals surface area contributed by atoms with E-state index < -0.39 is 5.91 Å². The van der Waals surface area contributed by atoms with Gasteiger partial charge in [-0.1, -0.05) is 29.8 Å². The van der Waals surface area contributed by atoms with E-state index in [0.717, 1.165) is 11.1 Å². The predicted molar refractivity (Wildman–Crippen MR) is 104 cm³/mol. The van der Waals surface area contributed by atoms with Crippen molar-refractivity contribution in [1.29, 1.82) is 0 Å². The quantitative estimate of drug-likeness (QED) is 0.551. The lowest BCUT2D eigenvalue weighted by atomic mass is 10.1.